The Morgan fingerprint density at radius 2 is 0.667 bits per heavy atom. The van der Waals surface area contributed by atoms with Crippen LogP contribution >= 0.6 is 0 Å². The first-order valence-electron chi connectivity index (χ1n) is 28.1. The lowest BCUT2D eigenvalue weighted by molar-refractivity contribution is -0.161. The zero-order chi connectivity index (χ0) is 47.7. The van der Waals surface area contributed by atoms with Crippen molar-refractivity contribution in [3.63, 3.8) is 0 Å². The third-order valence-corrected chi connectivity index (χ3v) is 12.2. The minimum atomic E-state index is -0.805. The zero-order valence-electron chi connectivity index (χ0n) is 43.4. The number of aliphatic hydroxyl groups excluding tert-OH is 1. The average molecular weight is 920 g/mol. The summed E-state index contributed by atoms with van der Waals surface area (Å²) in [6.45, 7) is 3.98. The van der Waals surface area contributed by atoms with Crippen molar-refractivity contribution >= 4 is 11.9 Å². The van der Waals surface area contributed by atoms with Crippen LogP contribution < -0.4 is 0 Å². The van der Waals surface area contributed by atoms with Crippen LogP contribution in [0.15, 0.2) is 85.1 Å². The van der Waals surface area contributed by atoms with E-state index in [0.29, 0.717) is 12.8 Å². The van der Waals surface area contributed by atoms with Crippen molar-refractivity contribution in [1.29, 1.82) is 0 Å². The number of carbonyl (C=O) groups excluding carboxylic acids is 2. The molecule has 0 rings (SSSR count). The fourth-order valence-electron chi connectivity index (χ4n) is 7.98. The molecular weight excluding hydrogens is 813 g/mol. The maximum atomic E-state index is 12.2. The first-order chi connectivity index (χ1) is 32.6. The van der Waals surface area contributed by atoms with Crippen LogP contribution in [0.4, 0.5) is 0 Å². The van der Waals surface area contributed by atoms with Gasteiger partial charge in [-0.15, -0.1) is 0 Å². The zero-order valence-corrected chi connectivity index (χ0v) is 43.4. The van der Waals surface area contributed by atoms with Crippen LogP contribution in [0, 0.1) is 0 Å². The van der Waals surface area contributed by atoms with Gasteiger partial charge in [0, 0.05) is 12.8 Å². The minimum Gasteiger partial charge on any atom is -0.462 e. The van der Waals surface area contributed by atoms with E-state index in [0.717, 1.165) is 64.2 Å². The number of hydrogen-bond acceptors (Lipinski definition) is 5. The molecule has 0 amide bonds. The van der Waals surface area contributed by atoms with Gasteiger partial charge in [-0.05, 0) is 83.5 Å². The van der Waals surface area contributed by atoms with E-state index in [1.807, 2.05) is 0 Å². The number of hydrogen-bond donors (Lipinski definition) is 1. The largest absolute Gasteiger partial charge is 0.462 e. The van der Waals surface area contributed by atoms with Crippen LogP contribution in [0.2, 0.25) is 0 Å². The van der Waals surface area contributed by atoms with Gasteiger partial charge in [0.1, 0.15) is 6.61 Å². The van der Waals surface area contributed by atoms with Gasteiger partial charge in [0.2, 0.25) is 0 Å². The molecule has 66 heavy (non-hydrogen) atoms. The summed E-state index contributed by atoms with van der Waals surface area (Å²) in [6.07, 6.45) is 78.7. The van der Waals surface area contributed by atoms with Crippen LogP contribution in [0.25, 0.3) is 0 Å². The number of esters is 2. The predicted molar refractivity (Wildman–Crippen MR) is 288 cm³/mol. The highest BCUT2D eigenvalue weighted by molar-refractivity contribution is 5.70. The Morgan fingerprint density at radius 3 is 1.03 bits per heavy atom. The van der Waals surface area contributed by atoms with Gasteiger partial charge in [-0.1, -0.05) is 259 Å². The van der Waals surface area contributed by atoms with Gasteiger partial charge in [-0.2, -0.15) is 0 Å². The molecule has 0 aliphatic carbocycles. The van der Waals surface area contributed by atoms with Crippen molar-refractivity contribution in [3.05, 3.63) is 85.1 Å². The van der Waals surface area contributed by atoms with Crippen LogP contribution in [0.5, 0.6) is 0 Å². The van der Waals surface area contributed by atoms with Gasteiger partial charge >= 0.3 is 11.9 Å². The van der Waals surface area contributed by atoms with E-state index in [1.54, 1.807) is 0 Å². The standard InChI is InChI=1S/C61H106O5/c1-3-5-7-9-11-13-15-17-19-21-22-23-24-25-26-27-28-29-30-31-32-33-34-35-36-37-38-40-41-43-45-47-49-51-53-55-60(63)65-58-59(57-62)66-61(64)56-54-52-50-48-46-44-42-39-20-18-16-14-12-10-8-6-4-2/h6,8,12,14-15,17-18,20-22,42,44,48,50,59,62H,3-5,7,9-11,13,16,19,23-41,43,45-47,49,51-58H2,1-2H3/b8-6-,14-12-,17-15-,20-18-,22-21-,44-42-,50-48-. The molecule has 0 bridgehead atoms. The van der Waals surface area contributed by atoms with Crippen molar-refractivity contribution < 1.29 is 24.2 Å². The lowest BCUT2D eigenvalue weighted by Gasteiger charge is -2.15. The van der Waals surface area contributed by atoms with Crippen LogP contribution in [0.3, 0.4) is 0 Å². The summed E-state index contributed by atoms with van der Waals surface area (Å²) in [5.41, 5.74) is 0. The van der Waals surface area contributed by atoms with Crippen molar-refractivity contribution in [2.45, 2.75) is 277 Å². The third kappa shape index (κ3) is 53.7. The molecule has 0 heterocycles. The number of allylic oxidation sites excluding steroid dienone is 14. The second-order valence-electron chi connectivity index (χ2n) is 18.6. The third-order valence-electron chi connectivity index (χ3n) is 12.2. The Balaban J connectivity index is 3.46. The van der Waals surface area contributed by atoms with E-state index < -0.39 is 6.10 Å². The Kier molecular flexibility index (Phi) is 53.9. The fourth-order valence-corrected chi connectivity index (χ4v) is 7.98. The van der Waals surface area contributed by atoms with E-state index in [1.165, 1.54) is 173 Å². The highest BCUT2D eigenvalue weighted by Gasteiger charge is 2.16. The van der Waals surface area contributed by atoms with Gasteiger partial charge in [-0.25, -0.2) is 0 Å². The smallest absolute Gasteiger partial charge is 0.306 e. The minimum absolute atomic E-state index is 0.0899. The highest BCUT2D eigenvalue weighted by atomic mass is 16.6. The number of ether oxygens (including phenoxy) is 2. The molecule has 1 unspecified atom stereocenters. The van der Waals surface area contributed by atoms with Crippen molar-refractivity contribution in [2.24, 2.45) is 0 Å². The molecule has 0 fully saturated rings. The summed E-state index contributed by atoms with van der Waals surface area (Å²) in [5, 5.41) is 9.62. The summed E-state index contributed by atoms with van der Waals surface area (Å²) in [4.78, 5) is 24.4. The van der Waals surface area contributed by atoms with Crippen LogP contribution in [-0.4, -0.2) is 36.4 Å². The Morgan fingerprint density at radius 1 is 0.364 bits per heavy atom. The predicted octanol–water partition coefficient (Wildman–Crippen LogP) is 19.0. The van der Waals surface area contributed by atoms with Gasteiger partial charge in [-0.3, -0.25) is 9.59 Å². The SMILES string of the molecule is CC/C=C\C/C=C\C/C=C\C/C=C\C/C=C\CCCC(=O)OC(CO)COC(=O)CCCCCCCCCCCCCCCCCCCCCCCCC/C=C\C/C=C\CCCCCCC. The molecule has 380 valence electrons. The van der Waals surface area contributed by atoms with Crippen molar-refractivity contribution in [2.75, 3.05) is 13.2 Å². The van der Waals surface area contributed by atoms with Crippen molar-refractivity contribution in [1.82, 2.24) is 0 Å². The summed E-state index contributed by atoms with van der Waals surface area (Å²) in [6, 6.07) is 0. The molecule has 1 atom stereocenters. The van der Waals surface area contributed by atoms with Gasteiger partial charge in [0.05, 0.1) is 6.61 Å². The van der Waals surface area contributed by atoms with E-state index in [2.05, 4.69) is 98.9 Å². The number of carbonyl (C=O) groups is 2. The molecule has 0 aliphatic rings. The summed E-state index contributed by atoms with van der Waals surface area (Å²) < 4.78 is 10.6. The van der Waals surface area contributed by atoms with E-state index in [9.17, 15) is 14.7 Å². The molecule has 0 aromatic carbocycles. The molecule has 0 radical (unpaired) electrons. The van der Waals surface area contributed by atoms with Crippen LogP contribution in [0.1, 0.15) is 271 Å². The first kappa shape index (κ1) is 63.1. The maximum absolute atomic E-state index is 12.2. The maximum Gasteiger partial charge on any atom is 0.306 e. The lowest BCUT2D eigenvalue weighted by Crippen LogP contribution is -2.28. The summed E-state index contributed by atoms with van der Waals surface area (Å²) in [5.74, 6) is -0.654. The Bertz CT molecular complexity index is 1220. The van der Waals surface area contributed by atoms with Crippen LogP contribution in [-0.2, 0) is 19.1 Å². The molecule has 0 aliphatic heterocycles. The molecule has 0 saturated heterocycles. The number of aliphatic hydroxyl groups is 1. The Labute approximate surface area is 409 Å². The van der Waals surface area contributed by atoms with Crippen molar-refractivity contribution in [3.8, 4) is 0 Å². The number of rotatable bonds is 51. The summed E-state index contributed by atoms with van der Waals surface area (Å²) in [7, 11) is 0. The molecule has 0 saturated carbocycles. The van der Waals surface area contributed by atoms with E-state index in [-0.39, 0.29) is 31.6 Å². The normalized spacial score (nSPS) is 12.8. The average Bonchev–Trinajstić information content (AvgIpc) is 3.32. The Hall–Kier alpha value is -2.92. The topological polar surface area (TPSA) is 72.8 Å². The molecule has 5 nitrogen and oxygen atoms in total. The molecule has 0 aromatic rings. The molecule has 5 heteroatoms. The molecule has 0 spiro atoms. The second kappa shape index (κ2) is 56.4. The van der Waals surface area contributed by atoms with E-state index in [4.69, 9.17) is 9.47 Å². The van der Waals surface area contributed by atoms with Gasteiger partial charge in [0.15, 0.2) is 6.10 Å². The second-order valence-corrected chi connectivity index (χ2v) is 18.6. The highest BCUT2D eigenvalue weighted by Crippen LogP contribution is 2.16. The first-order valence-corrected chi connectivity index (χ1v) is 28.1. The van der Waals surface area contributed by atoms with E-state index >= 15 is 0 Å². The molecule has 0 aromatic heterocycles. The van der Waals surface area contributed by atoms with Gasteiger partial charge in [0.25, 0.3) is 0 Å². The molecule has 1 N–H and O–H groups in total. The molecular formula is C61H106O5. The van der Waals surface area contributed by atoms with Gasteiger partial charge < -0.3 is 14.6 Å². The monoisotopic (exact) mass is 919 g/mol. The fraction of sp³-hybridized carbons (Fsp3) is 0.738. The quantitative estimate of drug-likeness (QED) is 0.0374. The summed E-state index contributed by atoms with van der Waals surface area (Å²) >= 11 is 0. The lowest BCUT2D eigenvalue weighted by atomic mass is 10.0. The number of unbranched alkanes of at least 4 members (excludes halogenated alkanes) is 29.